The van der Waals surface area contributed by atoms with Crippen LogP contribution in [0.3, 0.4) is 0 Å². The van der Waals surface area contributed by atoms with Gasteiger partial charge in [-0.15, -0.1) is 0 Å². The fraction of sp³-hybridized carbons (Fsp3) is 0.400. The van der Waals surface area contributed by atoms with Crippen molar-refractivity contribution in [2.75, 3.05) is 14.2 Å². The van der Waals surface area contributed by atoms with E-state index in [2.05, 4.69) is 46.5 Å². The molecule has 1 aromatic rings. The monoisotopic (exact) mass is 183 g/mol. The molecule has 1 rings (SSSR count). The van der Waals surface area contributed by atoms with Crippen LogP contribution in [-0.4, -0.2) is 14.2 Å². The molecule has 0 bridgehead atoms. The summed E-state index contributed by atoms with van der Waals surface area (Å²) in [5.41, 5.74) is 3.52. The summed E-state index contributed by atoms with van der Waals surface area (Å²) in [6.45, 7) is 2.16. The van der Waals surface area contributed by atoms with Gasteiger partial charge in [0.1, 0.15) is 0 Å². The summed E-state index contributed by atoms with van der Waals surface area (Å²) in [6.07, 6.45) is 1.14. The second-order valence-corrected chi connectivity index (χ2v) is 2.33. The largest absolute Gasteiger partial charge is 0.280 e. The van der Waals surface area contributed by atoms with Gasteiger partial charge in [0.15, 0.2) is 0 Å². The maximum atomic E-state index is 4.22. The number of benzene rings is 1. The standard InChI is InChI=1S/C8H10.C2H7NO2/c1-2-8-6-4-3-5-7-8;1-4-3-5-2/h3-7H,2H2,1H3;3H,1-2H3. The summed E-state index contributed by atoms with van der Waals surface area (Å²) in [7, 11) is 2.95. The average molecular weight is 183 g/mol. The molecule has 0 saturated heterocycles. The van der Waals surface area contributed by atoms with E-state index in [1.54, 1.807) is 0 Å². The smallest absolute Gasteiger partial charge is 0.0599 e. The average Bonchev–Trinajstić information content (AvgIpc) is 2.21. The second-order valence-electron chi connectivity index (χ2n) is 2.33. The first kappa shape index (κ1) is 12.1. The van der Waals surface area contributed by atoms with Crippen molar-refractivity contribution in [1.29, 1.82) is 0 Å². The highest BCUT2D eigenvalue weighted by Crippen LogP contribution is 1.96. The van der Waals surface area contributed by atoms with Crippen molar-refractivity contribution in [3.8, 4) is 0 Å². The van der Waals surface area contributed by atoms with Crippen LogP contribution in [0.4, 0.5) is 0 Å². The molecule has 0 saturated carbocycles. The zero-order valence-corrected chi connectivity index (χ0v) is 8.41. The van der Waals surface area contributed by atoms with Gasteiger partial charge in [-0.3, -0.25) is 9.68 Å². The van der Waals surface area contributed by atoms with E-state index in [4.69, 9.17) is 0 Å². The van der Waals surface area contributed by atoms with E-state index in [9.17, 15) is 0 Å². The van der Waals surface area contributed by atoms with Crippen molar-refractivity contribution >= 4 is 0 Å². The van der Waals surface area contributed by atoms with Crippen LogP contribution in [0.1, 0.15) is 12.5 Å². The highest BCUT2D eigenvalue weighted by Gasteiger charge is 1.79. The van der Waals surface area contributed by atoms with Gasteiger partial charge in [0.25, 0.3) is 0 Å². The predicted octanol–water partition coefficient (Wildman–Crippen LogP) is 1.95. The molecule has 3 heteroatoms. The normalized spacial score (nSPS) is 8.85. The van der Waals surface area contributed by atoms with E-state index in [1.807, 2.05) is 6.07 Å². The van der Waals surface area contributed by atoms with Crippen molar-refractivity contribution < 1.29 is 9.68 Å². The van der Waals surface area contributed by atoms with Crippen LogP contribution < -0.4 is 5.64 Å². The van der Waals surface area contributed by atoms with Gasteiger partial charge in [-0.2, -0.15) is 0 Å². The maximum Gasteiger partial charge on any atom is 0.0599 e. The molecule has 0 aliphatic heterocycles. The van der Waals surface area contributed by atoms with Crippen molar-refractivity contribution in [3.05, 3.63) is 35.9 Å². The van der Waals surface area contributed by atoms with Gasteiger partial charge in [0.05, 0.1) is 14.2 Å². The molecule has 0 fully saturated rings. The Bertz CT molecular complexity index is 187. The van der Waals surface area contributed by atoms with E-state index in [0.717, 1.165) is 6.42 Å². The van der Waals surface area contributed by atoms with Crippen LogP contribution in [0, 0.1) is 0 Å². The van der Waals surface area contributed by atoms with Gasteiger partial charge in [0, 0.05) is 0 Å². The SMILES string of the molecule is CCc1ccccc1.CONOC. The van der Waals surface area contributed by atoms with Crippen LogP contribution in [0.15, 0.2) is 30.3 Å². The number of aryl methyl sites for hydroxylation is 1. The predicted molar refractivity (Wildman–Crippen MR) is 53.0 cm³/mol. The Balaban J connectivity index is 0.000000252. The Kier molecular flexibility index (Phi) is 8.55. The Morgan fingerprint density at radius 2 is 1.62 bits per heavy atom. The molecule has 0 aliphatic carbocycles. The molecular weight excluding hydrogens is 166 g/mol. The first-order valence-electron chi connectivity index (χ1n) is 4.20. The van der Waals surface area contributed by atoms with E-state index < -0.39 is 0 Å². The Morgan fingerprint density at radius 3 is 1.85 bits per heavy atom. The van der Waals surface area contributed by atoms with E-state index in [-0.39, 0.29) is 0 Å². The maximum absolute atomic E-state index is 4.22. The van der Waals surface area contributed by atoms with Crippen LogP contribution in [0.2, 0.25) is 0 Å². The number of hydrogen-bond acceptors (Lipinski definition) is 3. The molecule has 0 heterocycles. The number of nitrogens with one attached hydrogen (secondary N) is 1. The summed E-state index contributed by atoms with van der Waals surface area (Å²) < 4.78 is 0. The van der Waals surface area contributed by atoms with Crippen LogP contribution >= 0.6 is 0 Å². The molecule has 0 unspecified atom stereocenters. The van der Waals surface area contributed by atoms with Crippen LogP contribution in [-0.2, 0) is 16.1 Å². The molecule has 74 valence electrons. The molecule has 0 aliphatic rings. The van der Waals surface area contributed by atoms with E-state index in [0.29, 0.717) is 0 Å². The van der Waals surface area contributed by atoms with Gasteiger partial charge in [-0.25, -0.2) is 0 Å². The molecule has 0 spiro atoms. The van der Waals surface area contributed by atoms with Crippen LogP contribution in [0.5, 0.6) is 0 Å². The lowest BCUT2D eigenvalue weighted by molar-refractivity contribution is -0.130. The zero-order chi connectivity index (χ0) is 9.94. The summed E-state index contributed by atoms with van der Waals surface area (Å²) in [4.78, 5) is 8.44. The first-order valence-corrected chi connectivity index (χ1v) is 4.20. The van der Waals surface area contributed by atoms with Gasteiger partial charge >= 0.3 is 0 Å². The van der Waals surface area contributed by atoms with Crippen molar-refractivity contribution in [1.82, 2.24) is 5.64 Å². The fourth-order valence-corrected chi connectivity index (χ4v) is 0.797. The van der Waals surface area contributed by atoms with Crippen molar-refractivity contribution in [2.24, 2.45) is 0 Å². The minimum absolute atomic E-state index is 1.14. The second kappa shape index (κ2) is 9.19. The molecule has 0 amide bonds. The molecule has 0 atom stereocenters. The third-order valence-corrected chi connectivity index (χ3v) is 1.42. The summed E-state index contributed by atoms with van der Waals surface area (Å²) in [6, 6.07) is 10.5. The molecule has 0 radical (unpaired) electrons. The lowest BCUT2D eigenvalue weighted by atomic mass is 10.2. The summed E-state index contributed by atoms with van der Waals surface area (Å²) >= 11 is 0. The number of hydrogen-bond donors (Lipinski definition) is 1. The van der Waals surface area contributed by atoms with Crippen molar-refractivity contribution in [3.63, 3.8) is 0 Å². The van der Waals surface area contributed by atoms with Crippen molar-refractivity contribution in [2.45, 2.75) is 13.3 Å². The van der Waals surface area contributed by atoms with Gasteiger partial charge < -0.3 is 0 Å². The van der Waals surface area contributed by atoms with E-state index in [1.165, 1.54) is 19.8 Å². The van der Waals surface area contributed by atoms with Gasteiger partial charge in [-0.05, 0) is 12.0 Å². The highest BCUT2D eigenvalue weighted by molar-refractivity contribution is 5.13. The van der Waals surface area contributed by atoms with E-state index >= 15 is 0 Å². The topological polar surface area (TPSA) is 30.5 Å². The molecule has 1 N–H and O–H groups in total. The number of rotatable bonds is 3. The van der Waals surface area contributed by atoms with Crippen LogP contribution in [0.25, 0.3) is 0 Å². The fourth-order valence-electron chi connectivity index (χ4n) is 0.797. The molecular formula is C10H17NO2. The quantitative estimate of drug-likeness (QED) is 0.726. The third kappa shape index (κ3) is 7.46. The minimum atomic E-state index is 1.14. The Hall–Kier alpha value is -0.900. The molecule has 3 nitrogen and oxygen atoms in total. The molecule has 0 aromatic heterocycles. The van der Waals surface area contributed by atoms with Gasteiger partial charge in [0.2, 0.25) is 0 Å². The Labute approximate surface area is 79.6 Å². The molecule has 1 aromatic carbocycles. The summed E-state index contributed by atoms with van der Waals surface area (Å²) in [5, 5.41) is 0. The lowest BCUT2D eigenvalue weighted by Crippen LogP contribution is -2.07. The Morgan fingerprint density at radius 1 is 1.08 bits per heavy atom. The lowest BCUT2D eigenvalue weighted by Gasteiger charge is -1.89. The third-order valence-electron chi connectivity index (χ3n) is 1.42. The summed E-state index contributed by atoms with van der Waals surface area (Å²) in [5.74, 6) is 0. The van der Waals surface area contributed by atoms with Gasteiger partial charge in [-0.1, -0.05) is 42.9 Å². The molecule has 13 heavy (non-hydrogen) atoms. The zero-order valence-electron chi connectivity index (χ0n) is 8.41. The minimum Gasteiger partial charge on any atom is -0.280 e. The first-order chi connectivity index (χ1) is 6.35. The highest BCUT2D eigenvalue weighted by atomic mass is 16.9.